The van der Waals surface area contributed by atoms with Gasteiger partial charge >= 0.3 is 5.97 Å². The van der Waals surface area contributed by atoms with E-state index >= 15 is 0 Å². The summed E-state index contributed by atoms with van der Waals surface area (Å²) in [6.07, 6.45) is 54.7. The summed E-state index contributed by atoms with van der Waals surface area (Å²) < 4.78 is 34.4. The van der Waals surface area contributed by atoms with Crippen LogP contribution in [0.3, 0.4) is 0 Å². The van der Waals surface area contributed by atoms with Gasteiger partial charge in [0.2, 0.25) is 0 Å². The van der Waals surface area contributed by atoms with Crippen LogP contribution in [0.1, 0.15) is 219 Å². The maximum Gasteiger partial charge on any atom is 0.306 e. The topological polar surface area (TPSA) is 214 Å². The highest BCUT2D eigenvalue weighted by Gasteiger charge is 2.47. The molecule has 0 spiro atoms. The van der Waals surface area contributed by atoms with Gasteiger partial charge < -0.3 is 64.2 Å². The third-order valence-corrected chi connectivity index (χ3v) is 14.6. The number of rotatable bonds is 51. The van der Waals surface area contributed by atoms with Gasteiger partial charge in [-0.15, -0.1) is 0 Å². The molecule has 2 heterocycles. The number of carbonyl (C=O) groups excluding carboxylic acids is 1. The van der Waals surface area contributed by atoms with Gasteiger partial charge in [0, 0.05) is 13.0 Å². The van der Waals surface area contributed by atoms with Gasteiger partial charge in [-0.05, 0) is 96.3 Å². The molecule has 0 aromatic heterocycles. The molecular weight excluding hydrogens is 1030 g/mol. The highest BCUT2D eigenvalue weighted by molar-refractivity contribution is 5.69. The highest BCUT2D eigenvalue weighted by atomic mass is 16.7. The van der Waals surface area contributed by atoms with Crippen LogP contribution in [0.4, 0.5) is 0 Å². The largest absolute Gasteiger partial charge is 0.457 e. The lowest BCUT2D eigenvalue weighted by Crippen LogP contribution is -2.61. The van der Waals surface area contributed by atoms with E-state index in [1.165, 1.54) is 103 Å². The summed E-state index contributed by atoms with van der Waals surface area (Å²) in [5.74, 6) is -0.391. The zero-order valence-corrected chi connectivity index (χ0v) is 50.2. The molecule has 2 aliphatic rings. The molecule has 0 bridgehead atoms. The molecule has 11 atom stereocenters. The van der Waals surface area contributed by atoms with Gasteiger partial charge in [0.1, 0.15) is 54.9 Å². The first-order valence-corrected chi connectivity index (χ1v) is 31.8. The van der Waals surface area contributed by atoms with E-state index in [0.29, 0.717) is 13.0 Å². The smallest absolute Gasteiger partial charge is 0.306 e. The van der Waals surface area contributed by atoms with Gasteiger partial charge in [0.05, 0.1) is 26.4 Å². The van der Waals surface area contributed by atoms with E-state index < -0.39 is 86.7 Å². The Bertz CT molecular complexity index is 1710. The Morgan fingerprint density at radius 1 is 0.420 bits per heavy atom. The standard InChI is InChI=1S/C67H114O14/c1-3-5-7-9-11-13-15-17-19-21-23-25-27-28-29-30-32-34-36-38-40-42-44-46-48-50-59(69)79-56(53-76-51-49-47-45-43-41-39-37-35-33-31-26-24-22-20-18-16-14-12-10-8-6-4-2)54-77-66-65(75)63(73)61(71)58(81-66)55-78-67-64(74)62(72)60(70)57(52-68)80-67/h6,8,12,14-15,17-18,20-21,23-24,26,33,35,39,41,56-58,60-68,70-75H,3-5,7,9-11,13,16,19,22,25,27-32,34,36-38,40,42-55H2,1-2H3/b8-6-,14-12-,17-15-,20-18-,23-21-,26-24-,35-33-,41-39-. The van der Waals surface area contributed by atoms with Crippen LogP contribution in [-0.4, -0.2) is 142 Å². The predicted octanol–water partition coefficient (Wildman–Crippen LogP) is 12.5. The summed E-state index contributed by atoms with van der Waals surface area (Å²) in [7, 11) is 0. The van der Waals surface area contributed by atoms with Crippen molar-refractivity contribution < 1.29 is 69.0 Å². The van der Waals surface area contributed by atoms with Crippen molar-refractivity contribution in [2.75, 3.05) is 33.0 Å². The fourth-order valence-electron chi connectivity index (χ4n) is 9.50. The summed E-state index contributed by atoms with van der Waals surface area (Å²) in [6, 6.07) is 0. The van der Waals surface area contributed by atoms with Crippen LogP contribution in [0.25, 0.3) is 0 Å². The number of aliphatic hydroxyl groups is 7. The second-order valence-corrected chi connectivity index (χ2v) is 21.8. The minimum Gasteiger partial charge on any atom is -0.457 e. The third-order valence-electron chi connectivity index (χ3n) is 14.6. The first-order valence-electron chi connectivity index (χ1n) is 31.8. The molecule has 14 nitrogen and oxygen atoms in total. The van der Waals surface area contributed by atoms with E-state index in [4.69, 9.17) is 28.4 Å². The Hall–Kier alpha value is -3.09. The summed E-state index contributed by atoms with van der Waals surface area (Å²) >= 11 is 0. The van der Waals surface area contributed by atoms with Gasteiger partial charge in [0.15, 0.2) is 12.6 Å². The molecule has 466 valence electrons. The third kappa shape index (κ3) is 38.5. The van der Waals surface area contributed by atoms with E-state index in [1.54, 1.807) is 0 Å². The van der Waals surface area contributed by atoms with Crippen molar-refractivity contribution in [3.63, 3.8) is 0 Å². The summed E-state index contributed by atoms with van der Waals surface area (Å²) in [6.45, 7) is 3.49. The summed E-state index contributed by atoms with van der Waals surface area (Å²) in [4.78, 5) is 13.1. The zero-order chi connectivity index (χ0) is 58.6. The van der Waals surface area contributed by atoms with Crippen LogP contribution in [0.15, 0.2) is 97.2 Å². The van der Waals surface area contributed by atoms with Crippen molar-refractivity contribution in [3.8, 4) is 0 Å². The molecule has 0 amide bonds. The van der Waals surface area contributed by atoms with Crippen LogP contribution < -0.4 is 0 Å². The summed E-state index contributed by atoms with van der Waals surface area (Å²) in [5, 5.41) is 72.5. The molecule has 0 aromatic rings. The van der Waals surface area contributed by atoms with Crippen LogP contribution in [0.5, 0.6) is 0 Å². The Kier molecular flexibility index (Phi) is 47.9. The first-order chi connectivity index (χ1) is 39.6. The van der Waals surface area contributed by atoms with Crippen LogP contribution in [0, 0.1) is 0 Å². The fourth-order valence-corrected chi connectivity index (χ4v) is 9.50. The van der Waals surface area contributed by atoms with E-state index in [2.05, 4.69) is 111 Å². The predicted molar refractivity (Wildman–Crippen MR) is 325 cm³/mol. The molecule has 2 saturated heterocycles. The lowest BCUT2D eigenvalue weighted by atomic mass is 9.98. The Morgan fingerprint density at radius 2 is 0.802 bits per heavy atom. The SMILES string of the molecule is CC/C=C\C/C=C\C/C=C\C/C=C\C/C=C\C/C=C\CCCCCOCC(COC1OC(COC2OC(CO)C(O)C(O)C2O)C(O)C(O)C1O)OC(=O)CCCCCCCCCCCCCCC/C=C\C/C=C\CCCCCCC. The van der Waals surface area contributed by atoms with Gasteiger partial charge in [-0.25, -0.2) is 0 Å². The molecule has 2 rings (SSSR count). The average molecular weight is 1140 g/mol. The fraction of sp³-hybridized carbons (Fsp3) is 0.746. The van der Waals surface area contributed by atoms with E-state index in [-0.39, 0.29) is 19.6 Å². The quantitative estimate of drug-likeness (QED) is 0.0172. The molecule has 2 aliphatic heterocycles. The first kappa shape index (κ1) is 74.0. The van der Waals surface area contributed by atoms with Crippen molar-refractivity contribution >= 4 is 5.97 Å². The number of hydrogen-bond acceptors (Lipinski definition) is 14. The number of allylic oxidation sites excluding steroid dienone is 16. The molecule has 0 saturated carbocycles. The summed E-state index contributed by atoms with van der Waals surface area (Å²) in [5.41, 5.74) is 0. The van der Waals surface area contributed by atoms with Crippen molar-refractivity contribution in [1.82, 2.24) is 0 Å². The van der Waals surface area contributed by atoms with E-state index in [9.17, 15) is 40.5 Å². The van der Waals surface area contributed by atoms with Crippen molar-refractivity contribution in [2.24, 2.45) is 0 Å². The van der Waals surface area contributed by atoms with Crippen molar-refractivity contribution in [2.45, 2.75) is 287 Å². The van der Waals surface area contributed by atoms with Crippen molar-refractivity contribution in [3.05, 3.63) is 97.2 Å². The minimum absolute atomic E-state index is 0.0335. The maximum atomic E-state index is 13.1. The lowest BCUT2D eigenvalue weighted by molar-refractivity contribution is -0.332. The van der Waals surface area contributed by atoms with Gasteiger partial charge in [-0.3, -0.25) is 4.79 Å². The van der Waals surface area contributed by atoms with Crippen molar-refractivity contribution in [1.29, 1.82) is 0 Å². The monoisotopic (exact) mass is 1140 g/mol. The number of aliphatic hydroxyl groups excluding tert-OH is 7. The molecular formula is C67H114O14. The number of esters is 1. The zero-order valence-electron chi connectivity index (χ0n) is 50.2. The Balaban J connectivity index is 1.70. The molecule has 11 unspecified atom stereocenters. The molecule has 0 radical (unpaired) electrons. The highest BCUT2D eigenvalue weighted by Crippen LogP contribution is 2.27. The van der Waals surface area contributed by atoms with Gasteiger partial charge in [-0.1, -0.05) is 214 Å². The van der Waals surface area contributed by atoms with Crippen LogP contribution in [-0.2, 0) is 33.2 Å². The molecule has 7 N–H and O–H groups in total. The average Bonchev–Trinajstić information content (AvgIpc) is 3.57. The number of unbranched alkanes of at least 4 members (excludes halogenated alkanes) is 21. The van der Waals surface area contributed by atoms with Crippen LogP contribution >= 0.6 is 0 Å². The van der Waals surface area contributed by atoms with Crippen LogP contribution in [0.2, 0.25) is 0 Å². The number of carbonyl (C=O) groups is 1. The molecule has 0 aromatic carbocycles. The maximum absolute atomic E-state index is 13.1. The number of hydrogen-bond donors (Lipinski definition) is 7. The Morgan fingerprint density at radius 3 is 1.26 bits per heavy atom. The second-order valence-electron chi connectivity index (χ2n) is 21.8. The molecule has 81 heavy (non-hydrogen) atoms. The van der Waals surface area contributed by atoms with E-state index in [1.807, 2.05) is 0 Å². The van der Waals surface area contributed by atoms with Gasteiger partial charge in [0.25, 0.3) is 0 Å². The molecule has 14 heteroatoms. The Labute approximate surface area is 490 Å². The van der Waals surface area contributed by atoms with Gasteiger partial charge in [-0.2, -0.15) is 0 Å². The molecule has 0 aliphatic carbocycles. The number of ether oxygens (including phenoxy) is 6. The van der Waals surface area contributed by atoms with E-state index in [0.717, 1.165) is 89.9 Å². The lowest BCUT2D eigenvalue weighted by Gasteiger charge is -2.42. The normalized spacial score (nSPS) is 24.4. The molecule has 2 fully saturated rings. The second kappa shape index (κ2) is 52.5. The minimum atomic E-state index is -1.72.